The van der Waals surface area contributed by atoms with Gasteiger partial charge in [0.1, 0.15) is 0 Å². The molecule has 62 valence electrons. The maximum absolute atomic E-state index is 9.77. The molecule has 1 atom stereocenters. The van der Waals surface area contributed by atoms with Gasteiger partial charge in [0, 0.05) is 6.54 Å². The minimum absolute atomic E-state index is 0.262. The van der Waals surface area contributed by atoms with E-state index in [9.17, 15) is 5.11 Å². The Labute approximate surface area is 63.4 Å². The lowest BCUT2D eigenvalue weighted by Crippen LogP contribution is -2.42. The van der Waals surface area contributed by atoms with Gasteiger partial charge in [-0.3, -0.25) is 0 Å². The maximum Gasteiger partial charge on any atom is 0.0792 e. The molecule has 0 spiro atoms. The topological polar surface area (TPSA) is 46.2 Å². The highest BCUT2D eigenvalue weighted by Crippen LogP contribution is 2.20. The molecule has 3 N–H and O–H groups in total. The molecule has 0 rings (SSSR count). The number of hydrogen-bond acceptors (Lipinski definition) is 2. The van der Waals surface area contributed by atoms with Crippen molar-refractivity contribution in [3.63, 3.8) is 0 Å². The van der Waals surface area contributed by atoms with Crippen molar-refractivity contribution >= 4 is 0 Å². The van der Waals surface area contributed by atoms with E-state index in [1.165, 1.54) is 0 Å². The third-order valence-corrected chi connectivity index (χ3v) is 2.11. The third kappa shape index (κ3) is 2.27. The molecule has 0 aliphatic rings. The van der Waals surface area contributed by atoms with Crippen LogP contribution in [0.25, 0.3) is 0 Å². The van der Waals surface area contributed by atoms with Gasteiger partial charge in [-0.25, -0.2) is 0 Å². The second-order valence-electron chi connectivity index (χ2n) is 3.21. The van der Waals surface area contributed by atoms with E-state index in [-0.39, 0.29) is 5.92 Å². The van der Waals surface area contributed by atoms with Gasteiger partial charge in [0.05, 0.1) is 5.60 Å². The quantitative estimate of drug-likeness (QED) is 0.623. The van der Waals surface area contributed by atoms with E-state index < -0.39 is 5.60 Å². The molecule has 2 nitrogen and oxygen atoms in total. The molecular weight excluding hydrogens is 126 g/mol. The average Bonchev–Trinajstić information content (AvgIpc) is 1.88. The lowest BCUT2D eigenvalue weighted by Gasteiger charge is -2.30. The van der Waals surface area contributed by atoms with Crippen LogP contribution in [-0.4, -0.2) is 17.3 Å². The van der Waals surface area contributed by atoms with Crippen molar-refractivity contribution in [1.29, 1.82) is 0 Å². The Kier molecular flexibility index (Phi) is 3.91. The Morgan fingerprint density at radius 1 is 1.50 bits per heavy atom. The number of rotatable bonds is 4. The van der Waals surface area contributed by atoms with Crippen LogP contribution in [0.15, 0.2) is 0 Å². The fourth-order valence-corrected chi connectivity index (χ4v) is 1.06. The smallest absolute Gasteiger partial charge is 0.0792 e. The van der Waals surface area contributed by atoms with Gasteiger partial charge in [-0.05, 0) is 12.3 Å². The SMILES string of the molecule is CCCC(O)(CN)C(C)C. The first kappa shape index (κ1) is 9.92. The van der Waals surface area contributed by atoms with Gasteiger partial charge in [-0.2, -0.15) is 0 Å². The monoisotopic (exact) mass is 145 g/mol. The van der Waals surface area contributed by atoms with Crippen molar-refractivity contribution in [1.82, 2.24) is 0 Å². The molecule has 0 fully saturated rings. The molecule has 0 aromatic carbocycles. The fourth-order valence-electron chi connectivity index (χ4n) is 1.06. The van der Waals surface area contributed by atoms with Gasteiger partial charge >= 0.3 is 0 Å². The van der Waals surface area contributed by atoms with Gasteiger partial charge in [0.2, 0.25) is 0 Å². The molecule has 0 bridgehead atoms. The van der Waals surface area contributed by atoms with Crippen molar-refractivity contribution < 1.29 is 5.11 Å². The summed E-state index contributed by atoms with van der Waals surface area (Å²) < 4.78 is 0. The first-order valence-corrected chi connectivity index (χ1v) is 3.99. The van der Waals surface area contributed by atoms with Gasteiger partial charge in [0.15, 0.2) is 0 Å². The highest BCUT2D eigenvalue weighted by atomic mass is 16.3. The summed E-state index contributed by atoms with van der Waals surface area (Å²) in [5.74, 6) is 0.262. The average molecular weight is 145 g/mol. The third-order valence-electron chi connectivity index (χ3n) is 2.11. The minimum atomic E-state index is -0.630. The lowest BCUT2D eigenvalue weighted by molar-refractivity contribution is -0.00486. The molecule has 0 amide bonds. The van der Waals surface area contributed by atoms with Crippen LogP contribution in [0.4, 0.5) is 0 Å². The molecular formula is C8H19NO. The van der Waals surface area contributed by atoms with Gasteiger partial charge < -0.3 is 10.8 Å². The maximum atomic E-state index is 9.77. The lowest BCUT2D eigenvalue weighted by atomic mass is 9.86. The zero-order chi connectivity index (χ0) is 8.20. The Morgan fingerprint density at radius 3 is 2.10 bits per heavy atom. The van der Waals surface area contributed by atoms with E-state index in [1.807, 2.05) is 13.8 Å². The highest BCUT2D eigenvalue weighted by Gasteiger charge is 2.27. The predicted octanol–water partition coefficient (Wildman–Crippen LogP) is 1.13. The second kappa shape index (κ2) is 3.94. The first-order valence-electron chi connectivity index (χ1n) is 3.99. The standard InChI is InChI=1S/C8H19NO/c1-4-5-8(10,6-9)7(2)3/h7,10H,4-6,9H2,1-3H3. The van der Waals surface area contributed by atoms with E-state index in [0.29, 0.717) is 6.54 Å². The van der Waals surface area contributed by atoms with Crippen molar-refractivity contribution in [3.05, 3.63) is 0 Å². The van der Waals surface area contributed by atoms with Gasteiger partial charge in [-0.15, -0.1) is 0 Å². The molecule has 0 aromatic rings. The normalized spacial score (nSPS) is 17.4. The minimum Gasteiger partial charge on any atom is -0.388 e. The molecule has 2 heteroatoms. The molecule has 0 saturated heterocycles. The second-order valence-corrected chi connectivity index (χ2v) is 3.21. The molecule has 10 heavy (non-hydrogen) atoms. The highest BCUT2D eigenvalue weighted by molar-refractivity contribution is 4.81. The van der Waals surface area contributed by atoms with Crippen LogP contribution in [0.3, 0.4) is 0 Å². The molecule has 0 aromatic heterocycles. The molecule has 0 heterocycles. The Morgan fingerprint density at radius 2 is 2.00 bits per heavy atom. The van der Waals surface area contributed by atoms with Crippen molar-refractivity contribution in [2.75, 3.05) is 6.54 Å². The number of nitrogens with two attached hydrogens (primary N) is 1. The summed E-state index contributed by atoms with van der Waals surface area (Å²) in [5, 5.41) is 9.77. The Hall–Kier alpha value is -0.0800. The zero-order valence-corrected chi connectivity index (χ0v) is 7.22. The van der Waals surface area contributed by atoms with E-state index in [1.54, 1.807) is 0 Å². The predicted molar refractivity (Wildman–Crippen MR) is 43.8 cm³/mol. The van der Waals surface area contributed by atoms with E-state index >= 15 is 0 Å². The number of aliphatic hydroxyl groups is 1. The van der Waals surface area contributed by atoms with Crippen LogP contribution in [0.2, 0.25) is 0 Å². The molecule has 0 saturated carbocycles. The molecule has 0 aliphatic heterocycles. The summed E-state index contributed by atoms with van der Waals surface area (Å²) in [7, 11) is 0. The van der Waals surface area contributed by atoms with E-state index in [2.05, 4.69) is 6.92 Å². The summed E-state index contributed by atoms with van der Waals surface area (Å²) in [6, 6.07) is 0. The summed E-state index contributed by atoms with van der Waals surface area (Å²) in [4.78, 5) is 0. The van der Waals surface area contributed by atoms with Gasteiger partial charge in [-0.1, -0.05) is 27.2 Å². The number of hydrogen-bond donors (Lipinski definition) is 2. The Balaban J connectivity index is 3.94. The summed E-state index contributed by atoms with van der Waals surface area (Å²) in [6.45, 7) is 6.44. The largest absolute Gasteiger partial charge is 0.388 e. The van der Waals surface area contributed by atoms with Crippen molar-refractivity contribution in [2.45, 2.75) is 39.2 Å². The van der Waals surface area contributed by atoms with Crippen molar-refractivity contribution in [2.24, 2.45) is 11.7 Å². The van der Waals surface area contributed by atoms with Crippen molar-refractivity contribution in [3.8, 4) is 0 Å². The van der Waals surface area contributed by atoms with Crippen LogP contribution in [-0.2, 0) is 0 Å². The fraction of sp³-hybridized carbons (Fsp3) is 1.00. The van der Waals surface area contributed by atoms with Crippen LogP contribution in [0.5, 0.6) is 0 Å². The summed E-state index contributed by atoms with van der Waals surface area (Å²) in [6.07, 6.45) is 1.80. The Bertz CT molecular complexity index is 93.3. The van der Waals surface area contributed by atoms with Crippen LogP contribution < -0.4 is 5.73 Å². The summed E-state index contributed by atoms with van der Waals surface area (Å²) in [5.41, 5.74) is 4.81. The van der Waals surface area contributed by atoms with Crippen LogP contribution in [0.1, 0.15) is 33.6 Å². The zero-order valence-electron chi connectivity index (χ0n) is 7.22. The molecule has 0 radical (unpaired) electrons. The van der Waals surface area contributed by atoms with Crippen LogP contribution >= 0.6 is 0 Å². The van der Waals surface area contributed by atoms with Crippen LogP contribution in [0, 0.1) is 5.92 Å². The van der Waals surface area contributed by atoms with E-state index in [0.717, 1.165) is 12.8 Å². The first-order chi connectivity index (χ1) is 4.56. The summed E-state index contributed by atoms with van der Waals surface area (Å²) >= 11 is 0. The molecule has 0 aliphatic carbocycles. The van der Waals surface area contributed by atoms with Gasteiger partial charge in [0.25, 0.3) is 0 Å². The van der Waals surface area contributed by atoms with E-state index in [4.69, 9.17) is 5.73 Å². The molecule has 1 unspecified atom stereocenters.